The molecule has 9 unspecified atom stereocenters. The highest BCUT2D eigenvalue weighted by Gasteiger charge is 2.71. The van der Waals surface area contributed by atoms with Crippen LogP contribution in [0.25, 0.3) is 0 Å². The number of esters is 1. The average molecular weight is 391 g/mol. The van der Waals surface area contributed by atoms with Crippen molar-refractivity contribution in [3.63, 3.8) is 0 Å². The van der Waals surface area contributed by atoms with Gasteiger partial charge in [0.25, 0.3) is 0 Å². The number of hydrogen-bond donors (Lipinski definition) is 0. The molecule has 5 rings (SSSR count). The topological polar surface area (TPSA) is 44.8 Å². The second kappa shape index (κ2) is 5.97. The van der Waals surface area contributed by atoms with E-state index in [0.29, 0.717) is 24.5 Å². The molecule has 0 N–H and O–H groups in total. The quantitative estimate of drug-likeness (QED) is 0.514. The van der Waals surface area contributed by atoms with Crippen LogP contribution in [0.3, 0.4) is 0 Å². The molecule has 5 fully saturated rings. The summed E-state index contributed by atoms with van der Waals surface area (Å²) in [6.45, 7) is 14.9. The summed E-state index contributed by atoms with van der Waals surface area (Å²) in [4.78, 5) is 13.2. The van der Waals surface area contributed by atoms with E-state index in [9.17, 15) is 4.79 Å². The fourth-order valence-corrected chi connectivity index (χ4v) is 7.86. The maximum atomic E-state index is 13.2. The zero-order valence-corrected chi connectivity index (χ0v) is 18.5. The first-order chi connectivity index (χ1) is 13.0. The number of fused-ring (bicyclic) bond motifs is 12. The molecule has 4 heteroatoms. The van der Waals surface area contributed by atoms with Crippen LogP contribution < -0.4 is 0 Å². The van der Waals surface area contributed by atoms with Gasteiger partial charge in [-0.15, -0.1) is 0 Å². The van der Waals surface area contributed by atoms with Crippen molar-refractivity contribution in [1.29, 1.82) is 0 Å². The van der Waals surface area contributed by atoms with Crippen molar-refractivity contribution in [1.82, 2.24) is 0 Å². The van der Waals surface area contributed by atoms with Gasteiger partial charge in [0.05, 0.1) is 18.6 Å². The van der Waals surface area contributed by atoms with Gasteiger partial charge in [0.15, 0.2) is 0 Å². The largest absolute Gasteiger partial charge is 0.459 e. The lowest BCUT2D eigenvalue weighted by atomic mass is 9.60. The van der Waals surface area contributed by atoms with E-state index in [1.165, 1.54) is 12.8 Å². The molecule has 0 aromatic heterocycles. The number of ether oxygens (including phenoxy) is 3. The van der Waals surface area contributed by atoms with Gasteiger partial charge in [-0.05, 0) is 86.9 Å². The van der Waals surface area contributed by atoms with Gasteiger partial charge in [0.1, 0.15) is 12.4 Å². The first-order valence-electron chi connectivity index (χ1n) is 11.4. The SMILES string of the molecule is CC1(OC(=O)C(C)(C)C(C)(C)C)CC2CC1C1C3CC(C4COCOCC43)C21. The number of rotatable bonds is 2. The molecular formula is C24H38O4. The molecule has 0 aromatic carbocycles. The molecule has 0 aromatic rings. The summed E-state index contributed by atoms with van der Waals surface area (Å²) in [5.74, 6) is 5.70. The van der Waals surface area contributed by atoms with Gasteiger partial charge < -0.3 is 14.2 Å². The molecule has 4 saturated carbocycles. The van der Waals surface area contributed by atoms with Crippen LogP contribution in [0.5, 0.6) is 0 Å². The van der Waals surface area contributed by atoms with Gasteiger partial charge >= 0.3 is 5.97 Å². The smallest absolute Gasteiger partial charge is 0.312 e. The van der Waals surface area contributed by atoms with E-state index >= 15 is 0 Å². The Bertz CT molecular complexity index is 664. The summed E-state index contributed by atoms with van der Waals surface area (Å²) < 4.78 is 17.9. The van der Waals surface area contributed by atoms with Crippen molar-refractivity contribution in [3.05, 3.63) is 0 Å². The molecule has 0 amide bonds. The van der Waals surface area contributed by atoms with Crippen molar-refractivity contribution in [2.75, 3.05) is 20.0 Å². The number of carbonyl (C=O) groups is 1. The maximum Gasteiger partial charge on any atom is 0.312 e. The predicted molar refractivity (Wildman–Crippen MR) is 106 cm³/mol. The van der Waals surface area contributed by atoms with E-state index in [0.717, 1.165) is 49.2 Å². The van der Waals surface area contributed by atoms with E-state index in [1.54, 1.807) is 0 Å². The summed E-state index contributed by atoms with van der Waals surface area (Å²) in [6.07, 6.45) is 3.66. The molecule has 1 saturated heterocycles. The van der Waals surface area contributed by atoms with Gasteiger partial charge in [-0.2, -0.15) is 0 Å². The summed E-state index contributed by atoms with van der Waals surface area (Å²) in [5.41, 5.74) is -0.880. The third-order valence-corrected chi connectivity index (χ3v) is 10.1. The molecule has 1 heterocycles. The van der Waals surface area contributed by atoms with Crippen molar-refractivity contribution < 1.29 is 19.0 Å². The van der Waals surface area contributed by atoms with Crippen LogP contribution in [0, 0.1) is 58.2 Å². The molecule has 5 aliphatic rings. The second-order valence-electron chi connectivity index (χ2n) is 12.3. The van der Waals surface area contributed by atoms with Gasteiger partial charge in [-0.1, -0.05) is 20.8 Å². The zero-order chi connectivity index (χ0) is 20.1. The molecule has 4 nitrogen and oxygen atoms in total. The molecule has 0 spiro atoms. The molecular weight excluding hydrogens is 352 g/mol. The normalized spacial score (nSPS) is 49.6. The lowest BCUT2D eigenvalue weighted by Gasteiger charge is -2.49. The van der Waals surface area contributed by atoms with E-state index in [4.69, 9.17) is 14.2 Å². The first-order valence-corrected chi connectivity index (χ1v) is 11.4. The van der Waals surface area contributed by atoms with E-state index in [1.807, 2.05) is 13.8 Å². The van der Waals surface area contributed by atoms with E-state index in [2.05, 4.69) is 27.7 Å². The fraction of sp³-hybridized carbons (Fsp3) is 0.958. The Labute approximate surface area is 170 Å². The number of hydrogen-bond acceptors (Lipinski definition) is 4. The Hall–Kier alpha value is -0.610. The summed E-state index contributed by atoms with van der Waals surface area (Å²) in [6, 6.07) is 0. The van der Waals surface area contributed by atoms with Gasteiger partial charge in [0.2, 0.25) is 0 Å². The Morgan fingerprint density at radius 1 is 0.929 bits per heavy atom. The minimum absolute atomic E-state index is 0.0150. The third-order valence-electron chi connectivity index (χ3n) is 10.1. The Morgan fingerprint density at radius 3 is 2.14 bits per heavy atom. The monoisotopic (exact) mass is 390 g/mol. The molecule has 158 valence electrons. The summed E-state index contributed by atoms with van der Waals surface area (Å²) in [5, 5.41) is 0. The Kier molecular flexibility index (Phi) is 4.13. The standard InChI is InChI=1S/C24H38O4/c1-22(2,3)23(4,5)21(25)28-24(6)9-13-7-18(24)20-15-8-14(19(13)20)16-10-26-12-27-11-17(15)16/h13-20H,7-12H2,1-6H3. The molecule has 4 bridgehead atoms. The molecule has 9 atom stereocenters. The van der Waals surface area contributed by atoms with Gasteiger partial charge in [-0.3, -0.25) is 4.79 Å². The van der Waals surface area contributed by atoms with Crippen LogP contribution in [0.1, 0.15) is 60.8 Å². The second-order valence-corrected chi connectivity index (χ2v) is 12.3. The fourth-order valence-electron chi connectivity index (χ4n) is 7.86. The minimum atomic E-state index is -0.483. The average Bonchev–Trinajstić information content (AvgIpc) is 3.27. The predicted octanol–water partition coefficient (Wildman–Crippen LogP) is 4.52. The molecule has 0 radical (unpaired) electrons. The number of carbonyl (C=O) groups excluding carboxylic acids is 1. The van der Waals surface area contributed by atoms with Crippen molar-refractivity contribution in [2.24, 2.45) is 58.2 Å². The van der Waals surface area contributed by atoms with Crippen LogP contribution in [-0.4, -0.2) is 31.6 Å². The Morgan fingerprint density at radius 2 is 1.54 bits per heavy atom. The zero-order valence-electron chi connectivity index (χ0n) is 18.5. The van der Waals surface area contributed by atoms with Crippen molar-refractivity contribution >= 4 is 5.97 Å². The Balaban J connectivity index is 1.37. The molecule has 28 heavy (non-hydrogen) atoms. The van der Waals surface area contributed by atoms with Gasteiger partial charge in [0, 0.05) is 5.92 Å². The minimum Gasteiger partial charge on any atom is -0.459 e. The van der Waals surface area contributed by atoms with Crippen molar-refractivity contribution in [2.45, 2.75) is 66.4 Å². The third kappa shape index (κ3) is 2.46. The summed E-state index contributed by atoms with van der Waals surface area (Å²) in [7, 11) is 0. The van der Waals surface area contributed by atoms with Crippen LogP contribution in [-0.2, 0) is 19.0 Å². The molecule has 1 aliphatic heterocycles. The van der Waals surface area contributed by atoms with Crippen LogP contribution in [0.15, 0.2) is 0 Å². The van der Waals surface area contributed by atoms with E-state index < -0.39 is 5.41 Å². The molecule has 4 aliphatic carbocycles. The van der Waals surface area contributed by atoms with Crippen LogP contribution >= 0.6 is 0 Å². The van der Waals surface area contributed by atoms with Crippen LogP contribution in [0.2, 0.25) is 0 Å². The highest BCUT2D eigenvalue weighted by Crippen LogP contribution is 2.73. The first kappa shape index (κ1) is 19.4. The lowest BCUT2D eigenvalue weighted by molar-refractivity contribution is -0.186. The van der Waals surface area contributed by atoms with Crippen molar-refractivity contribution in [3.8, 4) is 0 Å². The summed E-state index contributed by atoms with van der Waals surface area (Å²) >= 11 is 0. The lowest BCUT2D eigenvalue weighted by Crippen LogP contribution is -2.51. The highest BCUT2D eigenvalue weighted by molar-refractivity contribution is 5.77. The van der Waals surface area contributed by atoms with Gasteiger partial charge in [-0.25, -0.2) is 0 Å². The van der Waals surface area contributed by atoms with Crippen LogP contribution in [0.4, 0.5) is 0 Å². The maximum absolute atomic E-state index is 13.2. The highest BCUT2D eigenvalue weighted by atomic mass is 16.7. The van der Waals surface area contributed by atoms with E-state index in [-0.39, 0.29) is 17.0 Å².